The Morgan fingerprint density at radius 1 is 1.42 bits per heavy atom. The monoisotopic (exact) mass is 274 g/mol. The summed E-state index contributed by atoms with van der Waals surface area (Å²) in [5.41, 5.74) is 3.51. The third-order valence-corrected chi connectivity index (χ3v) is 4.13. The fourth-order valence-corrected chi connectivity index (χ4v) is 2.83. The molecule has 4 heteroatoms. The van der Waals surface area contributed by atoms with Crippen molar-refractivity contribution < 1.29 is 4.74 Å². The topological polar surface area (TPSA) is 34.1 Å². The number of thiazole rings is 1. The van der Waals surface area contributed by atoms with Gasteiger partial charge in [0.2, 0.25) is 0 Å². The van der Waals surface area contributed by atoms with E-state index in [4.69, 9.17) is 9.72 Å². The first-order valence-electron chi connectivity index (χ1n) is 6.61. The van der Waals surface area contributed by atoms with Crippen molar-refractivity contribution in [3.05, 3.63) is 40.9 Å². The van der Waals surface area contributed by atoms with Crippen LogP contribution >= 0.6 is 11.3 Å². The van der Waals surface area contributed by atoms with Gasteiger partial charge >= 0.3 is 0 Å². The zero-order chi connectivity index (χ0) is 13.1. The smallest absolute Gasteiger partial charge is 0.123 e. The standard InChI is InChI=1S/C15H18N2OS/c1-18-9-11-3-2-4-12(7-11)15-17-14(10-19-15)8-16-13-5-6-13/h2-4,7,10,13,16H,5-6,8-9H2,1H3. The fourth-order valence-electron chi connectivity index (χ4n) is 2.02. The molecule has 3 nitrogen and oxygen atoms in total. The number of nitrogens with one attached hydrogen (secondary N) is 1. The summed E-state index contributed by atoms with van der Waals surface area (Å²) in [5, 5.41) is 6.73. The molecule has 1 aliphatic carbocycles. The van der Waals surface area contributed by atoms with Crippen molar-refractivity contribution in [3.8, 4) is 10.6 Å². The van der Waals surface area contributed by atoms with Crippen molar-refractivity contribution in [1.82, 2.24) is 10.3 Å². The highest BCUT2D eigenvalue weighted by Gasteiger charge is 2.20. The van der Waals surface area contributed by atoms with Crippen molar-refractivity contribution in [3.63, 3.8) is 0 Å². The Bertz CT molecular complexity index is 549. The van der Waals surface area contributed by atoms with Crippen molar-refractivity contribution in [2.24, 2.45) is 0 Å². The summed E-state index contributed by atoms with van der Waals surface area (Å²) >= 11 is 1.71. The molecule has 1 aromatic carbocycles. The Balaban J connectivity index is 1.71. The molecule has 0 bridgehead atoms. The SMILES string of the molecule is COCc1cccc(-c2nc(CNC3CC3)cs2)c1. The van der Waals surface area contributed by atoms with Crippen molar-refractivity contribution in [1.29, 1.82) is 0 Å². The van der Waals surface area contributed by atoms with Crippen LogP contribution in [0.3, 0.4) is 0 Å². The van der Waals surface area contributed by atoms with Gasteiger partial charge in [0.15, 0.2) is 0 Å². The molecular weight excluding hydrogens is 256 g/mol. The highest BCUT2D eigenvalue weighted by atomic mass is 32.1. The Hall–Kier alpha value is -1.23. The first-order valence-corrected chi connectivity index (χ1v) is 7.49. The minimum Gasteiger partial charge on any atom is -0.380 e. The highest BCUT2D eigenvalue weighted by Crippen LogP contribution is 2.25. The van der Waals surface area contributed by atoms with Gasteiger partial charge in [-0.2, -0.15) is 0 Å². The van der Waals surface area contributed by atoms with E-state index in [9.17, 15) is 0 Å². The third-order valence-electron chi connectivity index (χ3n) is 3.19. The molecule has 100 valence electrons. The van der Waals surface area contributed by atoms with E-state index in [-0.39, 0.29) is 0 Å². The maximum Gasteiger partial charge on any atom is 0.123 e. The van der Waals surface area contributed by atoms with Crippen LogP contribution in [0, 0.1) is 0 Å². The zero-order valence-electron chi connectivity index (χ0n) is 11.1. The summed E-state index contributed by atoms with van der Waals surface area (Å²) < 4.78 is 5.17. The van der Waals surface area contributed by atoms with Gasteiger partial charge in [-0.15, -0.1) is 11.3 Å². The molecule has 1 N–H and O–H groups in total. The number of benzene rings is 1. The molecule has 0 aliphatic heterocycles. The van der Waals surface area contributed by atoms with Gasteiger partial charge in [-0.3, -0.25) is 0 Å². The van der Waals surface area contributed by atoms with E-state index in [1.165, 1.54) is 24.0 Å². The number of methoxy groups -OCH3 is 1. The van der Waals surface area contributed by atoms with Crippen LogP contribution in [0.25, 0.3) is 10.6 Å². The number of hydrogen-bond acceptors (Lipinski definition) is 4. The molecule has 0 spiro atoms. The predicted octanol–water partition coefficient (Wildman–Crippen LogP) is 3.21. The molecule has 0 radical (unpaired) electrons. The fraction of sp³-hybridized carbons (Fsp3) is 0.400. The Morgan fingerprint density at radius 2 is 2.32 bits per heavy atom. The van der Waals surface area contributed by atoms with Crippen LogP contribution in [0.15, 0.2) is 29.6 Å². The van der Waals surface area contributed by atoms with Gasteiger partial charge in [0, 0.05) is 30.6 Å². The van der Waals surface area contributed by atoms with E-state index in [0.29, 0.717) is 6.61 Å². The van der Waals surface area contributed by atoms with E-state index < -0.39 is 0 Å². The van der Waals surface area contributed by atoms with Crippen LogP contribution in [0.1, 0.15) is 24.1 Å². The lowest BCUT2D eigenvalue weighted by atomic mass is 10.1. The van der Waals surface area contributed by atoms with Gasteiger partial charge < -0.3 is 10.1 Å². The number of aromatic nitrogens is 1. The van der Waals surface area contributed by atoms with E-state index in [1.54, 1.807) is 18.4 Å². The second-order valence-corrected chi connectivity index (χ2v) is 5.79. The van der Waals surface area contributed by atoms with E-state index in [2.05, 4.69) is 35.0 Å². The van der Waals surface area contributed by atoms with Crippen molar-refractivity contribution in [2.45, 2.75) is 32.0 Å². The number of hydrogen-bond donors (Lipinski definition) is 1. The molecule has 0 unspecified atom stereocenters. The van der Waals surface area contributed by atoms with Crippen LogP contribution in [0.5, 0.6) is 0 Å². The number of rotatable bonds is 6. The Morgan fingerprint density at radius 3 is 3.11 bits per heavy atom. The molecule has 1 heterocycles. The van der Waals surface area contributed by atoms with Gasteiger partial charge in [0.1, 0.15) is 5.01 Å². The molecule has 1 aromatic heterocycles. The van der Waals surface area contributed by atoms with Gasteiger partial charge in [0.05, 0.1) is 12.3 Å². The quantitative estimate of drug-likeness (QED) is 0.878. The first kappa shape index (κ1) is 12.8. The highest BCUT2D eigenvalue weighted by molar-refractivity contribution is 7.13. The maximum atomic E-state index is 5.17. The summed E-state index contributed by atoms with van der Waals surface area (Å²) in [5.74, 6) is 0. The second kappa shape index (κ2) is 5.82. The average molecular weight is 274 g/mol. The lowest BCUT2D eigenvalue weighted by Gasteiger charge is -2.02. The summed E-state index contributed by atoms with van der Waals surface area (Å²) in [7, 11) is 1.72. The van der Waals surface area contributed by atoms with Gasteiger partial charge in [-0.05, 0) is 24.5 Å². The summed E-state index contributed by atoms with van der Waals surface area (Å²) in [6.07, 6.45) is 2.63. The molecule has 3 rings (SSSR count). The van der Waals surface area contributed by atoms with Crippen LogP contribution < -0.4 is 5.32 Å². The number of ether oxygens (including phenoxy) is 1. The predicted molar refractivity (Wildman–Crippen MR) is 78.1 cm³/mol. The van der Waals surface area contributed by atoms with E-state index >= 15 is 0 Å². The van der Waals surface area contributed by atoms with Crippen LogP contribution in [0.2, 0.25) is 0 Å². The van der Waals surface area contributed by atoms with Crippen molar-refractivity contribution >= 4 is 11.3 Å². The Kier molecular flexibility index (Phi) is 3.92. The normalized spacial score (nSPS) is 14.8. The largest absolute Gasteiger partial charge is 0.380 e. The Labute approximate surface area is 117 Å². The van der Waals surface area contributed by atoms with Gasteiger partial charge in [0.25, 0.3) is 0 Å². The minimum atomic E-state index is 0.648. The molecule has 1 aliphatic rings. The zero-order valence-corrected chi connectivity index (χ0v) is 11.9. The third kappa shape index (κ3) is 3.41. The summed E-state index contributed by atoms with van der Waals surface area (Å²) in [6, 6.07) is 9.13. The molecular formula is C15H18N2OS. The molecule has 1 fully saturated rings. The summed E-state index contributed by atoms with van der Waals surface area (Å²) in [4.78, 5) is 4.70. The average Bonchev–Trinajstić information content (AvgIpc) is 3.14. The van der Waals surface area contributed by atoms with Crippen LogP contribution in [-0.2, 0) is 17.9 Å². The molecule has 1 saturated carbocycles. The van der Waals surface area contributed by atoms with Crippen LogP contribution in [0.4, 0.5) is 0 Å². The van der Waals surface area contributed by atoms with Gasteiger partial charge in [-0.25, -0.2) is 4.98 Å². The minimum absolute atomic E-state index is 0.648. The lowest BCUT2D eigenvalue weighted by Crippen LogP contribution is -2.15. The lowest BCUT2D eigenvalue weighted by molar-refractivity contribution is 0.185. The number of nitrogens with zero attached hydrogens (tertiary/aromatic N) is 1. The molecule has 2 aromatic rings. The molecule has 0 saturated heterocycles. The molecule has 19 heavy (non-hydrogen) atoms. The summed E-state index contributed by atoms with van der Waals surface area (Å²) in [6.45, 7) is 1.54. The van der Waals surface area contributed by atoms with Gasteiger partial charge in [-0.1, -0.05) is 18.2 Å². The first-order chi connectivity index (χ1) is 9.35. The molecule has 0 amide bonds. The van der Waals surface area contributed by atoms with Crippen molar-refractivity contribution in [2.75, 3.05) is 7.11 Å². The second-order valence-electron chi connectivity index (χ2n) is 4.93. The van der Waals surface area contributed by atoms with Crippen LogP contribution in [-0.4, -0.2) is 18.1 Å². The van der Waals surface area contributed by atoms with E-state index in [0.717, 1.165) is 23.3 Å². The maximum absolute atomic E-state index is 5.17. The molecule has 0 atom stereocenters. The van der Waals surface area contributed by atoms with E-state index in [1.807, 2.05) is 0 Å².